The molecule has 0 aromatic carbocycles. The van der Waals surface area contributed by atoms with Gasteiger partial charge in [0.15, 0.2) is 0 Å². The maximum Gasteiger partial charge on any atom is 0.236 e. The Kier molecular flexibility index (Phi) is 4.91. The molecule has 20 heavy (non-hydrogen) atoms. The first-order valence-corrected chi connectivity index (χ1v) is 8.18. The zero-order chi connectivity index (χ0) is 13.8. The van der Waals surface area contributed by atoms with Crippen LogP contribution in [0.25, 0.3) is 0 Å². The van der Waals surface area contributed by atoms with E-state index in [4.69, 9.17) is 4.74 Å². The fourth-order valence-corrected chi connectivity index (χ4v) is 3.24. The average Bonchev–Trinajstić information content (AvgIpc) is 2.93. The Morgan fingerprint density at radius 3 is 2.80 bits per heavy atom. The largest absolute Gasteiger partial charge is 0.377 e. The number of rotatable bonds is 7. The van der Waals surface area contributed by atoms with Gasteiger partial charge >= 0.3 is 0 Å². The fraction of sp³-hybridized carbons (Fsp3) is 0.933. The molecule has 1 aliphatic carbocycles. The van der Waals surface area contributed by atoms with Gasteiger partial charge in [0, 0.05) is 31.8 Å². The van der Waals surface area contributed by atoms with E-state index in [1.165, 1.54) is 25.7 Å². The van der Waals surface area contributed by atoms with Gasteiger partial charge in [-0.3, -0.25) is 4.79 Å². The van der Waals surface area contributed by atoms with Gasteiger partial charge in [0.25, 0.3) is 0 Å². The Morgan fingerprint density at radius 1 is 1.25 bits per heavy atom. The van der Waals surface area contributed by atoms with Gasteiger partial charge in [0.1, 0.15) is 0 Å². The van der Waals surface area contributed by atoms with Crippen LogP contribution in [0.3, 0.4) is 0 Å². The molecular formula is C15H27N3O2. The van der Waals surface area contributed by atoms with Crippen LogP contribution in [0, 0.1) is 0 Å². The standard InChI is InChI=1S/C15H27N3O2/c19-15(10-16-9-14-4-2-8-20-14)18(13-5-6-13)11-12-3-1-7-17-12/h12-14,16-17H,1-11H2/t12-,14+/m1/s1. The van der Waals surface area contributed by atoms with Gasteiger partial charge in [-0.05, 0) is 45.1 Å². The summed E-state index contributed by atoms with van der Waals surface area (Å²) < 4.78 is 5.57. The summed E-state index contributed by atoms with van der Waals surface area (Å²) in [6, 6.07) is 1.02. The Balaban J connectivity index is 1.40. The highest BCUT2D eigenvalue weighted by atomic mass is 16.5. The summed E-state index contributed by atoms with van der Waals surface area (Å²) in [7, 11) is 0. The molecule has 3 fully saturated rings. The Hall–Kier alpha value is -0.650. The summed E-state index contributed by atoms with van der Waals surface area (Å²) in [6.07, 6.45) is 7.42. The van der Waals surface area contributed by atoms with Gasteiger partial charge in [-0.2, -0.15) is 0 Å². The minimum Gasteiger partial charge on any atom is -0.377 e. The maximum atomic E-state index is 12.4. The van der Waals surface area contributed by atoms with Crippen LogP contribution in [0.1, 0.15) is 38.5 Å². The van der Waals surface area contributed by atoms with Gasteiger partial charge in [-0.1, -0.05) is 0 Å². The molecule has 5 nitrogen and oxygen atoms in total. The number of hydrogen-bond donors (Lipinski definition) is 2. The van der Waals surface area contributed by atoms with E-state index >= 15 is 0 Å². The first-order valence-electron chi connectivity index (χ1n) is 8.18. The molecule has 0 bridgehead atoms. The van der Waals surface area contributed by atoms with Crippen molar-refractivity contribution in [1.29, 1.82) is 0 Å². The van der Waals surface area contributed by atoms with Crippen LogP contribution >= 0.6 is 0 Å². The Morgan fingerprint density at radius 2 is 2.15 bits per heavy atom. The van der Waals surface area contributed by atoms with Crippen LogP contribution < -0.4 is 10.6 Å². The number of carbonyl (C=O) groups is 1. The predicted molar refractivity (Wildman–Crippen MR) is 77.6 cm³/mol. The highest BCUT2D eigenvalue weighted by Crippen LogP contribution is 2.27. The molecule has 1 saturated carbocycles. The van der Waals surface area contributed by atoms with Crippen LogP contribution in [0.15, 0.2) is 0 Å². The molecule has 2 atom stereocenters. The summed E-state index contributed by atoms with van der Waals surface area (Å²) in [5.74, 6) is 0.263. The molecule has 0 unspecified atom stereocenters. The molecule has 0 aromatic rings. The summed E-state index contributed by atoms with van der Waals surface area (Å²) in [5.41, 5.74) is 0. The topological polar surface area (TPSA) is 53.6 Å². The van der Waals surface area contributed by atoms with Crippen molar-refractivity contribution in [2.24, 2.45) is 0 Å². The quantitative estimate of drug-likeness (QED) is 0.713. The van der Waals surface area contributed by atoms with Crippen LogP contribution in [-0.4, -0.2) is 61.8 Å². The van der Waals surface area contributed by atoms with E-state index in [1.807, 2.05) is 0 Å². The second-order valence-electron chi connectivity index (χ2n) is 6.34. The highest BCUT2D eigenvalue weighted by molar-refractivity contribution is 5.79. The Bertz CT molecular complexity index is 321. The number of amides is 1. The van der Waals surface area contributed by atoms with Crippen molar-refractivity contribution in [2.45, 2.75) is 56.7 Å². The van der Waals surface area contributed by atoms with Gasteiger partial charge in [0.05, 0.1) is 12.6 Å². The molecule has 5 heteroatoms. The molecule has 0 spiro atoms. The van der Waals surface area contributed by atoms with E-state index in [0.717, 1.165) is 39.1 Å². The highest BCUT2D eigenvalue weighted by Gasteiger charge is 2.34. The van der Waals surface area contributed by atoms with Crippen molar-refractivity contribution in [1.82, 2.24) is 15.5 Å². The van der Waals surface area contributed by atoms with E-state index in [9.17, 15) is 4.79 Å². The first kappa shape index (κ1) is 14.3. The van der Waals surface area contributed by atoms with E-state index in [2.05, 4.69) is 15.5 Å². The molecule has 2 aliphatic heterocycles. The predicted octanol–water partition coefficient (Wildman–Crippen LogP) is 0.498. The lowest BCUT2D eigenvalue weighted by Gasteiger charge is -2.26. The summed E-state index contributed by atoms with van der Waals surface area (Å²) in [5, 5.41) is 6.77. The normalized spacial score (nSPS) is 29.8. The minimum absolute atomic E-state index is 0.263. The molecular weight excluding hydrogens is 254 g/mol. The first-order chi connectivity index (χ1) is 9.83. The van der Waals surface area contributed by atoms with Gasteiger partial charge in [-0.15, -0.1) is 0 Å². The molecule has 2 heterocycles. The third kappa shape index (κ3) is 3.93. The van der Waals surface area contributed by atoms with E-state index in [-0.39, 0.29) is 5.91 Å². The van der Waals surface area contributed by atoms with E-state index < -0.39 is 0 Å². The zero-order valence-electron chi connectivity index (χ0n) is 12.3. The van der Waals surface area contributed by atoms with Crippen molar-refractivity contribution in [3.8, 4) is 0 Å². The second-order valence-corrected chi connectivity index (χ2v) is 6.34. The van der Waals surface area contributed by atoms with Crippen molar-refractivity contribution >= 4 is 5.91 Å². The van der Waals surface area contributed by atoms with Crippen LogP contribution in [0.4, 0.5) is 0 Å². The van der Waals surface area contributed by atoms with Crippen molar-refractivity contribution < 1.29 is 9.53 Å². The molecule has 0 radical (unpaired) electrons. The molecule has 2 N–H and O–H groups in total. The smallest absolute Gasteiger partial charge is 0.236 e. The second kappa shape index (κ2) is 6.87. The number of nitrogens with one attached hydrogen (secondary N) is 2. The monoisotopic (exact) mass is 281 g/mol. The lowest BCUT2D eigenvalue weighted by atomic mass is 10.2. The summed E-state index contributed by atoms with van der Waals surface area (Å²) in [4.78, 5) is 14.5. The molecule has 114 valence electrons. The SMILES string of the molecule is O=C(CNC[C@@H]1CCCO1)N(C[C@H]1CCCN1)C1CC1. The number of hydrogen-bond acceptors (Lipinski definition) is 4. The van der Waals surface area contributed by atoms with Crippen LogP contribution in [-0.2, 0) is 9.53 Å². The molecule has 0 aromatic heterocycles. The van der Waals surface area contributed by atoms with Crippen molar-refractivity contribution in [3.63, 3.8) is 0 Å². The molecule has 2 saturated heterocycles. The maximum absolute atomic E-state index is 12.4. The van der Waals surface area contributed by atoms with Gasteiger partial charge < -0.3 is 20.3 Å². The molecule has 1 amide bonds. The minimum atomic E-state index is 0.263. The number of ether oxygens (including phenoxy) is 1. The summed E-state index contributed by atoms with van der Waals surface area (Å²) in [6.45, 7) is 4.15. The average molecular weight is 281 g/mol. The third-order valence-corrected chi connectivity index (χ3v) is 4.56. The Labute approximate surface area is 121 Å². The number of nitrogens with zero attached hydrogens (tertiary/aromatic N) is 1. The summed E-state index contributed by atoms with van der Waals surface area (Å²) >= 11 is 0. The molecule has 3 rings (SSSR count). The van der Waals surface area contributed by atoms with Gasteiger partial charge in [0.2, 0.25) is 5.91 Å². The van der Waals surface area contributed by atoms with Gasteiger partial charge in [-0.25, -0.2) is 0 Å². The third-order valence-electron chi connectivity index (χ3n) is 4.56. The number of carbonyl (C=O) groups excluding carboxylic acids is 1. The van der Waals surface area contributed by atoms with Crippen LogP contribution in [0.2, 0.25) is 0 Å². The lowest BCUT2D eigenvalue weighted by molar-refractivity contribution is -0.131. The lowest BCUT2D eigenvalue weighted by Crippen LogP contribution is -2.46. The van der Waals surface area contributed by atoms with E-state index in [1.54, 1.807) is 0 Å². The molecule has 3 aliphatic rings. The fourth-order valence-electron chi connectivity index (χ4n) is 3.24. The zero-order valence-corrected chi connectivity index (χ0v) is 12.3. The van der Waals surface area contributed by atoms with Crippen molar-refractivity contribution in [3.05, 3.63) is 0 Å². The van der Waals surface area contributed by atoms with Crippen LogP contribution in [0.5, 0.6) is 0 Å². The van der Waals surface area contributed by atoms with E-state index in [0.29, 0.717) is 24.7 Å². The van der Waals surface area contributed by atoms with Crippen molar-refractivity contribution in [2.75, 3.05) is 32.8 Å².